The highest BCUT2D eigenvalue weighted by Gasteiger charge is 2.12. The molecule has 0 fully saturated rings. The highest BCUT2D eigenvalue weighted by molar-refractivity contribution is 7.12. The smallest absolute Gasteiger partial charge is 0.348 e. The SMILES string of the molecule is C=Cc1ccc(COC(=O)c2cc(-c3ccsc3)cs2)cc1. The Morgan fingerprint density at radius 1 is 1.14 bits per heavy atom. The number of benzene rings is 1. The first-order valence-corrected chi connectivity index (χ1v) is 8.58. The molecule has 4 heteroatoms. The lowest BCUT2D eigenvalue weighted by Gasteiger charge is -2.03. The fraction of sp³-hybridized carbons (Fsp3) is 0.0556. The summed E-state index contributed by atoms with van der Waals surface area (Å²) in [4.78, 5) is 12.7. The molecule has 0 saturated heterocycles. The van der Waals surface area contributed by atoms with Crippen molar-refractivity contribution in [1.29, 1.82) is 0 Å². The van der Waals surface area contributed by atoms with E-state index in [1.165, 1.54) is 11.3 Å². The van der Waals surface area contributed by atoms with Crippen molar-refractivity contribution in [3.8, 4) is 11.1 Å². The molecule has 3 rings (SSSR count). The number of carbonyl (C=O) groups excluding carboxylic acids is 1. The molecule has 0 saturated carbocycles. The minimum atomic E-state index is -0.278. The fourth-order valence-electron chi connectivity index (χ4n) is 1.99. The highest BCUT2D eigenvalue weighted by Crippen LogP contribution is 2.27. The Bertz CT molecular complexity index is 768. The van der Waals surface area contributed by atoms with Crippen LogP contribution in [0, 0.1) is 0 Å². The molecule has 3 aromatic rings. The summed E-state index contributed by atoms with van der Waals surface area (Å²) in [7, 11) is 0. The predicted octanol–water partition coefficient (Wildman–Crippen LogP) is 5.48. The Kier molecular flexibility index (Phi) is 4.51. The van der Waals surface area contributed by atoms with E-state index in [1.54, 1.807) is 17.4 Å². The van der Waals surface area contributed by atoms with Gasteiger partial charge in [-0.3, -0.25) is 0 Å². The summed E-state index contributed by atoms with van der Waals surface area (Å²) >= 11 is 3.06. The van der Waals surface area contributed by atoms with Crippen molar-refractivity contribution in [3.63, 3.8) is 0 Å². The molecule has 0 aliphatic carbocycles. The van der Waals surface area contributed by atoms with Crippen LogP contribution < -0.4 is 0 Å². The molecule has 2 aromatic heterocycles. The van der Waals surface area contributed by atoms with E-state index in [2.05, 4.69) is 12.0 Å². The maximum atomic E-state index is 12.1. The third-order valence-electron chi connectivity index (χ3n) is 3.24. The average Bonchev–Trinajstić information content (AvgIpc) is 3.23. The lowest BCUT2D eigenvalue weighted by Crippen LogP contribution is -2.03. The van der Waals surface area contributed by atoms with Gasteiger partial charge in [-0.25, -0.2) is 4.79 Å². The highest BCUT2D eigenvalue weighted by atomic mass is 32.1. The van der Waals surface area contributed by atoms with Gasteiger partial charge in [-0.05, 0) is 50.5 Å². The Balaban J connectivity index is 1.63. The first-order chi connectivity index (χ1) is 10.8. The number of hydrogen-bond donors (Lipinski definition) is 0. The first-order valence-electron chi connectivity index (χ1n) is 6.76. The fourth-order valence-corrected chi connectivity index (χ4v) is 3.47. The minimum Gasteiger partial charge on any atom is -0.457 e. The van der Waals surface area contributed by atoms with Crippen molar-refractivity contribution in [2.24, 2.45) is 0 Å². The largest absolute Gasteiger partial charge is 0.457 e. The topological polar surface area (TPSA) is 26.3 Å². The number of carbonyl (C=O) groups is 1. The van der Waals surface area contributed by atoms with Crippen LogP contribution in [-0.2, 0) is 11.3 Å². The molecule has 2 nitrogen and oxygen atoms in total. The molecule has 110 valence electrons. The van der Waals surface area contributed by atoms with Crippen LogP contribution >= 0.6 is 22.7 Å². The van der Waals surface area contributed by atoms with Crippen molar-refractivity contribution in [2.75, 3.05) is 0 Å². The van der Waals surface area contributed by atoms with E-state index in [0.29, 0.717) is 4.88 Å². The Hall–Kier alpha value is -2.17. The van der Waals surface area contributed by atoms with Crippen molar-refractivity contribution in [1.82, 2.24) is 0 Å². The van der Waals surface area contributed by atoms with E-state index in [1.807, 2.05) is 47.2 Å². The number of rotatable bonds is 5. The van der Waals surface area contributed by atoms with E-state index in [0.717, 1.165) is 22.3 Å². The maximum Gasteiger partial charge on any atom is 0.348 e. The molecular formula is C18H14O2S2. The van der Waals surface area contributed by atoms with Gasteiger partial charge in [0.25, 0.3) is 0 Å². The zero-order valence-electron chi connectivity index (χ0n) is 11.8. The Morgan fingerprint density at radius 2 is 1.95 bits per heavy atom. The minimum absolute atomic E-state index is 0.278. The van der Waals surface area contributed by atoms with Crippen LogP contribution in [0.2, 0.25) is 0 Å². The Labute approximate surface area is 137 Å². The van der Waals surface area contributed by atoms with Crippen LogP contribution in [0.1, 0.15) is 20.8 Å². The molecule has 1 aromatic carbocycles. The summed E-state index contributed by atoms with van der Waals surface area (Å²) in [6, 6.07) is 11.7. The molecule has 0 atom stereocenters. The molecule has 0 unspecified atom stereocenters. The first kappa shape index (κ1) is 14.8. The summed E-state index contributed by atoms with van der Waals surface area (Å²) in [5.74, 6) is -0.278. The van der Waals surface area contributed by atoms with Gasteiger partial charge in [-0.2, -0.15) is 11.3 Å². The van der Waals surface area contributed by atoms with Crippen LogP contribution in [0.25, 0.3) is 17.2 Å². The summed E-state index contributed by atoms with van der Waals surface area (Å²) in [5, 5.41) is 6.08. The van der Waals surface area contributed by atoms with Gasteiger partial charge in [0.15, 0.2) is 0 Å². The summed E-state index contributed by atoms with van der Waals surface area (Å²) < 4.78 is 5.37. The third-order valence-corrected chi connectivity index (χ3v) is 4.83. The van der Waals surface area contributed by atoms with Gasteiger partial charge in [0.2, 0.25) is 0 Å². The number of hydrogen-bond acceptors (Lipinski definition) is 4. The van der Waals surface area contributed by atoms with E-state index in [9.17, 15) is 4.79 Å². The van der Waals surface area contributed by atoms with Crippen LogP contribution in [0.4, 0.5) is 0 Å². The molecule has 2 heterocycles. The predicted molar refractivity (Wildman–Crippen MR) is 93.3 cm³/mol. The van der Waals surface area contributed by atoms with Crippen LogP contribution in [0.15, 0.2) is 59.1 Å². The quantitative estimate of drug-likeness (QED) is 0.581. The van der Waals surface area contributed by atoms with Crippen molar-refractivity contribution in [3.05, 3.63) is 75.1 Å². The second kappa shape index (κ2) is 6.73. The monoisotopic (exact) mass is 326 g/mol. The van der Waals surface area contributed by atoms with Gasteiger partial charge in [-0.15, -0.1) is 11.3 Å². The number of esters is 1. The molecule has 22 heavy (non-hydrogen) atoms. The molecule has 0 aliphatic heterocycles. The van der Waals surface area contributed by atoms with Crippen molar-refractivity contribution in [2.45, 2.75) is 6.61 Å². The van der Waals surface area contributed by atoms with Crippen LogP contribution in [-0.4, -0.2) is 5.97 Å². The zero-order valence-corrected chi connectivity index (χ0v) is 13.5. The van der Waals surface area contributed by atoms with Gasteiger partial charge < -0.3 is 4.74 Å². The van der Waals surface area contributed by atoms with E-state index >= 15 is 0 Å². The molecule has 0 N–H and O–H groups in total. The molecule has 0 amide bonds. The average molecular weight is 326 g/mol. The lowest BCUT2D eigenvalue weighted by atomic mass is 10.1. The molecular weight excluding hydrogens is 312 g/mol. The molecule has 0 radical (unpaired) electrons. The van der Waals surface area contributed by atoms with Gasteiger partial charge >= 0.3 is 5.97 Å². The van der Waals surface area contributed by atoms with Gasteiger partial charge in [0.05, 0.1) is 0 Å². The lowest BCUT2D eigenvalue weighted by molar-refractivity contribution is 0.0478. The van der Waals surface area contributed by atoms with Gasteiger partial charge in [0.1, 0.15) is 11.5 Å². The number of thiophene rings is 2. The van der Waals surface area contributed by atoms with Crippen molar-refractivity contribution >= 4 is 34.7 Å². The van der Waals surface area contributed by atoms with E-state index in [4.69, 9.17) is 4.74 Å². The zero-order chi connectivity index (χ0) is 15.4. The summed E-state index contributed by atoms with van der Waals surface area (Å²) in [6.45, 7) is 3.99. The second-order valence-corrected chi connectivity index (χ2v) is 6.42. The standard InChI is InChI=1S/C18H14O2S2/c1-2-13-3-5-14(6-4-13)10-20-18(19)17-9-16(12-22-17)15-7-8-21-11-15/h2-9,11-12H,1,10H2. The Morgan fingerprint density at radius 3 is 2.64 bits per heavy atom. The number of ether oxygens (including phenoxy) is 1. The maximum absolute atomic E-state index is 12.1. The van der Waals surface area contributed by atoms with E-state index in [-0.39, 0.29) is 12.6 Å². The molecule has 0 bridgehead atoms. The molecule has 0 spiro atoms. The molecule has 0 aliphatic rings. The summed E-state index contributed by atoms with van der Waals surface area (Å²) in [6.07, 6.45) is 1.79. The van der Waals surface area contributed by atoms with E-state index < -0.39 is 0 Å². The summed E-state index contributed by atoms with van der Waals surface area (Å²) in [5.41, 5.74) is 4.22. The van der Waals surface area contributed by atoms with Gasteiger partial charge in [0, 0.05) is 0 Å². The third kappa shape index (κ3) is 3.35. The normalized spacial score (nSPS) is 10.4. The van der Waals surface area contributed by atoms with Crippen LogP contribution in [0.3, 0.4) is 0 Å². The second-order valence-electron chi connectivity index (χ2n) is 4.73. The van der Waals surface area contributed by atoms with Crippen LogP contribution in [0.5, 0.6) is 0 Å². The van der Waals surface area contributed by atoms with Crippen molar-refractivity contribution < 1.29 is 9.53 Å². The van der Waals surface area contributed by atoms with Gasteiger partial charge in [-0.1, -0.05) is 36.9 Å².